The van der Waals surface area contributed by atoms with Crippen molar-refractivity contribution >= 4 is 17.5 Å². The third-order valence-corrected chi connectivity index (χ3v) is 2.83. The Morgan fingerprint density at radius 3 is 2.89 bits per heavy atom. The molecule has 0 unspecified atom stereocenters. The maximum atomic E-state index is 11.6. The number of ether oxygens (including phenoxy) is 1. The lowest BCUT2D eigenvalue weighted by atomic mass is 10.2. The molecule has 0 spiro atoms. The first kappa shape index (κ1) is 14.8. The van der Waals surface area contributed by atoms with Crippen LogP contribution in [-0.2, 0) is 4.79 Å². The molecule has 0 aliphatic heterocycles. The average Bonchev–Trinajstić information content (AvgIpc) is 2.33. The zero-order valence-corrected chi connectivity index (χ0v) is 11.4. The van der Waals surface area contributed by atoms with Crippen molar-refractivity contribution in [3.8, 4) is 5.75 Å². The van der Waals surface area contributed by atoms with E-state index in [1.165, 1.54) is 4.90 Å². The van der Waals surface area contributed by atoms with E-state index in [0.717, 1.165) is 5.56 Å². The molecule has 0 fully saturated rings. The fourth-order valence-corrected chi connectivity index (χ4v) is 1.61. The summed E-state index contributed by atoms with van der Waals surface area (Å²) in [5.41, 5.74) is 1.05. The molecule has 0 saturated carbocycles. The van der Waals surface area contributed by atoms with Gasteiger partial charge in [0.05, 0.1) is 24.7 Å². The fraction of sp³-hybridized carbons (Fsp3) is 0.462. The minimum Gasteiger partial charge on any atom is -0.491 e. The van der Waals surface area contributed by atoms with E-state index < -0.39 is 0 Å². The summed E-state index contributed by atoms with van der Waals surface area (Å²) in [6, 6.07) is 5.51. The van der Waals surface area contributed by atoms with Gasteiger partial charge in [0, 0.05) is 13.6 Å². The van der Waals surface area contributed by atoms with Gasteiger partial charge in [0.25, 0.3) is 0 Å². The minimum atomic E-state index is -0.0622. The number of amides is 1. The van der Waals surface area contributed by atoms with Crippen LogP contribution in [0.25, 0.3) is 0 Å². The summed E-state index contributed by atoms with van der Waals surface area (Å²) in [5.74, 6) is 0.530. The SMILES string of the molecule is Cc1ccc(Cl)c(OCCC(=O)N(C)CCO)c1. The van der Waals surface area contributed by atoms with Gasteiger partial charge in [-0.3, -0.25) is 4.79 Å². The number of carbonyl (C=O) groups excluding carboxylic acids is 1. The number of rotatable bonds is 6. The van der Waals surface area contributed by atoms with Crippen molar-refractivity contribution in [1.82, 2.24) is 4.90 Å². The van der Waals surface area contributed by atoms with Gasteiger partial charge in [-0.15, -0.1) is 0 Å². The van der Waals surface area contributed by atoms with Gasteiger partial charge < -0.3 is 14.7 Å². The van der Waals surface area contributed by atoms with Gasteiger partial charge in [-0.05, 0) is 24.6 Å². The van der Waals surface area contributed by atoms with Crippen molar-refractivity contribution < 1.29 is 14.6 Å². The van der Waals surface area contributed by atoms with E-state index in [1.807, 2.05) is 19.1 Å². The van der Waals surface area contributed by atoms with Gasteiger partial charge in [-0.1, -0.05) is 17.7 Å². The molecule has 5 heteroatoms. The van der Waals surface area contributed by atoms with Crippen LogP contribution in [0.4, 0.5) is 0 Å². The molecule has 1 aromatic rings. The van der Waals surface area contributed by atoms with Crippen LogP contribution in [0, 0.1) is 6.92 Å². The maximum absolute atomic E-state index is 11.6. The first-order chi connectivity index (χ1) is 8.54. The van der Waals surface area contributed by atoms with E-state index in [4.69, 9.17) is 21.4 Å². The Labute approximate surface area is 112 Å². The first-order valence-electron chi connectivity index (χ1n) is 5.78. The van der Waals surface area contributed by atoms with Crippen molar-refractivity contribution in [2.24, 2.45) is 0 Å². The topological polar surface area (TPSA) is 49.8 Å². The average molecular weight is 272 g/mol. The number of carbonyl (C=O) groups is 1. The Morgan fingerprint density at radius 1 is 1.50 bits per heavy atom. The molecule has 0 heterocycles. The molecule has 100 valence electrons. The van der Waals surface area contributed by atoms with Crippen LogP contribution in [0.5, 0.6) is 5.75 Å². The Bertz CT molecular complexity index is 409. The van der Waals surface area contributed by atoms with E-state index in [1.54, 1.807) is 13.1 Å². The van der Waals surface area contributed by atoms with Gasteiger partial charge in [0.15, 0.2) is 0 Å². The number of benzene rings is 1. The molecule has 0 radical (unpaired) electrons. The van der Waals surface area contributed by atoms with E-state index in [2.05, 4.69) is 0 Å². The largest absolute Gasteiger partial charge is 0.491 e. The standard InChI is InChI=1S/C13H18ClNO3/c1-10-3-4-11(14)12(9-10)18-8-5-13(17)15(2)6-7-16/h3-4,9,16H,5-8H2,1-2H3. The zero-order valence-electron chi connectivity index (χ0n) is 10.6. The van der Waals surface area contributed by atoms with E-state index >= 15 is 0 Å². The molecule has 0 aromatic heterocycles. The number of aliphatic hydroxyl groups is 1. The molecule has 18 heavy (non-hydrogen) atoms. The summed E-state index contributed by atoms with van der Waals surface area (Å²) in [5, 5.41) is 9.25. The summed E-state index contributed by atoms with van der Waals surface area (Å²) in [6.07, 6.45) is 0.265. The monoisotopic (exact) mass is 271 g/mol. The highest BCUT2D eigenvalue weighted by Gasteiger charge is 2.08. The number of halogens is 1. The van der Waals surface area contributed by atoms with Crippen LogP contribution in [0.15, 0.2) is 18.2 Å². The predicted molar refractivity (Wildman–Crippen MR) is 71.0 cm³/mol. The Balaban J connectivity index is 2.42. The smallest absolute Gasteiger partial charge is 0.225 e. The molecule has 0 atom stereocenters. The van der Waals surface area contributed by atoms with E-state index in [9.17, 15) is 4.79 Å². The summed E-state index contributed by atoms with van der Waals surface area (Å²) in [7, 11) is 1.65. The second-order valence-electron chi connectivity index (χ2n) is 4.07. The van der Waals surface area contributed by atoms with Crippen LogP contribution < -0.4 is 4.74 Å². The summed E-state index contributed by atoms with van der Waals surface area (Å²) in [4.78, 5) is 13.1. The Hall–Kier alpha value is -1.26. The highest BCUT2D eigenvalue weighted by Crippen LogP contribution is 2.25. The van der Waals surface area contributed by atoms with Crippen molar-refractivity contribution in [3.63, 3.8) is 0 Å². The van der Waals surface area contributed by atoms with Crippen LogP contribution in [0.1, 0.15) is 12.0 Å². The van der Waals surface area contributed by atoms with Gasteiger partial charge >= 0.3 is 0 Å². The van der Waals surface area contributed by atoms with Gasteiger partial charge in [0.2, 0.25) is 5.91 Å². The quantitative estimate of drug-likeness (QED) is 0.859. The summed E-state index contributed by atoms with van der Waals surface area (Å²) >= 11 is 5.97. The van der Waals surface area contributed by atoms with Gasteiger partial charge in [-0.2, -0.15) is 0 Å². The maximum Gasteiger partial charge on any atom is 0.225 e. The minimum absolute atomic E-state index is 0.0349. The Morgan fingerprint density at radius 2 is 2.22 bits per heavy atom. The third-order valence-electron chi connectivity index (χ3n) is 2.52. The second kappa shape index (κ2) is 7.24. The highest BCUT2D eigenvalue weighted by molar-refractivity contribution is 6.32. The molecule has 4 nitrogen and oxygen atoms in total. The first-order valence-corrected chi connectivity index (χ1v) is 6.16. The third kappa shape index (κ3) is 4.55. The van der Waals surface area contributed by atoms with Crippen LogP contribution in [0.2, 0.25) is 5.02 Å². The van der Waals surface area contributed by atoms with Crippen LogP contribution in [0.3, 0.4) is 0 Å². The molecule has 1 N–H and O–H groups in total. The lowest BCUT2D eigenvalue weighted by molar-refractivity contribution is -0.130. The Kier molecular flexibility index (Phi) is 5.95. The predicted octanol–water partition coefficient (Wildman–Crippen LogP) is 1.87. The molecular formula is C13H18ClNO3. The van der Waals surface area contributed by atoms with Gasteiger partial charge in [-0.25, -0.2) is 0 Å². The molecular weight excluding hydrogens is 254 g/mol. The molecule has 1 aromatic carbocycles. The number of hydrogen-bond donors (Lipinski definition) is 1. The molecule has 1 rings (SSSR count). The zero-order chi connectivity index (χ0) is 13.5. The van der Waals surface area contributed by atoms with Crippen molar-refractivity contribution in [1.29, 1.82) is 0 Å². The highest BCUT2D eigenvalue weighted by atomic mass is 35.5. The van der Waals surface area contributed by atoms with E-state index in [0.29, 0.717) is 17.3 Å². The second-order valence-corrected chi connectivity index (χ2v) is 4.48. The number of nitrogens with zero attached hydrogens (tertiary/aromatic N) is 1. The molecule has 0 aliphatic carbocycles. The van der Waals surface area contributed by atoms with Crippen LogP contribution in [-0.4, -0.2) is 42.7 Å². The molecule has 0 bridgehead atoms. The number of hydrogen-bond acceptors (Lipinski definition) is 3. The molecule has 0 saturated heterocycles. The van der Waals surface area contributed by atoms with Crippen molar-refractivity contribution in [2.75, 3.05) is 26.8 Å². The van der Waals surface area contributed by atoms with E-state index in [-0.39, 0.29) is 25.5 Å². The van der Waals surface area contributed by atoms with Crippen LogP contribution >= 0.6 is 11.6 Å². The fourth-order valence-electron chi connectivity index (χ4n) is 1.44. The normalized spacial score (nSPS) is 10.2. The molecule has 0 aliphatic rings. The summed E-state index contributed by atoms with van der Waals surface area (Å²) < 4.78 is 5.47. The summed E-state index contributed by atoms with van der Waals surface area (Å²) in [6.45, 7) is 2.53. The number of aryl methyl sites for hydroxylation is 1. The number of aliphatic hydroxyl groups excluding tert-OH is 1. The lowest BCUT2D eigenvalue weighted by Crippen LogP contribution is -2.30. The molecule has 1 amide bonds. The van der Waals surface area contributed by atoms with Gasteiger partial charge in [0.1, 0.15) is 5.75 Å². The van der Waals surface area contributed by atoms with Crippen molar-refractivity contribution in [3.05, 3.63) is 28.8 Å². The number of likely N-dealkylation sites (N-methyl/N-ethyl adjacent to an activating group) is 1. The van der Waals surface area contributed by atoms with Crippen molar-refractivity contribution in [2.45, 2.75) is 13.3 Å². The lowest BCUT2D eigenvalue weighted by Gasteiger charge is -2.16.